The lowest BCUT2D eigenvalue weighted by Crippen LogP contribution is -2.15. The van der Waals surface area contributed by atoms with Gasteiger partial charge in [-0.05, 0) is 17.7 Å². The molecule has 0 unspecified atom stereocenters. The van der Waals surface area contributed by atoms with Gasteiger partial charge in [0.25, 0.3) is 0 Å². The van der Waals surface area contributed by atoms with Gasteiger partial charge in [0.05, 0.1) is 12.5 Å². The van der Waals surface area contributed by atoms with Gasteiger partial charge in [0, 0.05) is 26.2 Å². The Hall–Kier alpha value is -1.82. The first kappa shape index (κ1) is 11.7. The molecule has 0 aliphatic rings. The second-order valence-electron chi connectivity index (χ2n) is 3.61. The van der Waals surface area contributed by atoms with Crippen LogP contribution in [-0.4, -0.2) is 29.0 Å². The van der Waals surface area contributed by atoms with E-state index in [0.29, 0.717) is 18.4 Å². The van der Waals surface area contributed by atoms with Crippen molar-refractivity contribution in [2.75, 3.05) is 24.3 Å². The average Bonchev–Trinajstić information content (AvgIpc) is 2.78. The minimum Gasteiger partial charge on any atom is -0.472 e. The first-order chi connectivity index (χ1) is 8.15. The summed E-state index contributed by atoms with van der Waals surface area (Å²) >= 11 is 5.81. The van der Waals surface area contributed by atoms with Crippen molar-refractivity contribution >= 4 is 23.5 Å². The molecular weight excluding hydrogens is 242 g/mol. The third kappa shape index (κ3) is 3.07. The van der Waals surface area contributed by atoms with E-state index in [-0.39, 0.29) is 5.28 Å². The minimum atomic E-state index is 0.165. The summed E-state index contributed by atoms with van der Waals surface area (Å²) in [5, 5.41) is 3.21. The van der Waals surface area contributed by atoms with Crippen LogP contribution >= 0.6 is 11.6 Å². The Bertz CT molecular complexity index is 485. The third-order valence-electron chi connectivity index (χ3n) is 2.03. The quantitative estimate of drug-likeness (QED) is 0.896. The Labute approximate surface area is 104 Å². The first-order valence-corrected chi connectivity index (χ1v) is 5.37. The fraction of sp³-hybridized carbons (Fsp3) is 0.300. The fourth-order valence-corrected chi connectivity index (χ4v) is 1.35. The smallest absolute Gasteiger partial charge is 0.230 e. The molecule has 0 aliphatic carbocycles. The number of hydrogen-bond acceptors (Lipinski definition) is 6. The van der Waals surface area contributed by atoms with Crippen LogP contribution in [0.1, 0.15) is 5.56 Å². The summed E-state index contributed by atoms with van der Waals surface area (Å²) in [6.45, 7) is 0.573. The highest BCUT2D eigenvalue weighted by molar-refractivity contribution is 6.28. The highest BCUT2D eigenvalue weighted by atomic mass is 35.5. The molecule has 0 saturated carbocycles. The molecule has 0 saturated heterocycles. The van der Waals surface area contributed by atoms with Crippen molar-refractivity contribution < 1.29 is 4.42 Å². The zero-order valence-electron chi connectivity index (χ0n) is 9.51. The standard InChI is InChI=1S/C10H12ClN5O/c1-16(2)10-14-8(11)13-9(15-10)12-5-7-3-4-17-6-7/h3-4,6H,5H2,1-2H3,(H,12,13,14,15). The SMILES string of the molecule is CN(C)c1nc(Cl)nc(NCc2ccoc2)n1. The Morgan fingerprint density at radius 3 is 2.82 bits per heavy atom. The van der Waals surface area contributed by atoms with E-state index >= 15 is 0 Å². The molecule has 2 aromatic rings. The van der Waals surface area contributed by atoms with Crippen molar-refractivity contribution in [3.05, 3.63) is 29.4 Å². The maximum Gasteiger partial charge on any atom is 0.230 e. The van der Waals surface area contributed by atoms with E-state index in [9.17, 15) is 0 Å². The van der Waals surface area contributed by atoms with E-state index in [0.717, 1.165) is 5.56 Å². The molecule has 0 aromatic carbocycles. The monoisotopic (exact) mass is 253 g/mol. The maximum atomic E-state index is 5.81. The Morgan fingerprint density at radius 1 is 1.35 bits per heavy atom. The maximum absolute atomic E-state index is 5.81. The largest absolute Gasteiger partial charge is 0.472 e. The highest BCUT2D eigenvalue weighted by Crippen LogP contribution is 2.12. The summed E-state index contributed by atoms with van der Waals surface area (Å²) < 4.78 is 4.96. The van der Waals surface area contributed by atoms with Crippen molar-refractivity contribution in [1.82, 2.24) is 15.0 Å². The Kier molecular flexibility index (Phi) is 3.43. The van der Waals surface area contributed by atoms with Crippen LogP contribution < -0.4 is 10.2 Å². The molecule has 0 aliphatic heterocycles. The van der Waals surface area contributed by atoms with Crippen LogP contribution in [0.5, 0.6) is 0 Å². The molecule has 90 valence electrons. The molecule has 0 radical (unpaired) electrons. The van der Waals surface area contributed by atoms with Crippen molar-refractivity contribution in [1.29, 1.82) is 0 Å². The second kappa shape index (κ2) is 5.01. The predicted molar refractivity (Wildman–Crippen MR) is 65.2 cm³/mol. The van der Waals surface area contributed by atoms with Gasteiger partial charge >= 0.3 is 0 Å². The van der Waals surface area contributed by atoms with Crippen LogP contribution in [0.15, 0.2) is 23.0 Å². The van der Waals surface area contributed by atoms with Gasteiger partial charge in [0.15, 0.2) is 0 Å². The lowest BCUT2D eigenvalue weighted by atomic mass is 10.3. The van der Waals surface area contributed by atoms with Gasteiger partial charge in [-0.2, -0.15) is 15.0 Å². The number of rotatable bonds is 4. The van der Waals surface area contributed by atoms with E-state index in [4.69, 9.17) is 16.0 Å². The lowest BCUT2D eigenvalue weighted by Gasteiger charge is -2.11. The molecule has 0 atom stereocenters. The van der Waals surface area contributed by atoms with Crippen LogP contribution in [0, 0.1) is 0 Å². The number of nitrogens with zero attached hydrogens (tertiary/aromatic N) is 4. The summed E-state index contributed by atoms with van der Waals surface area (Å²) in [5.74, 6) is 0.953. The van der Waals surface area contributed by atoms with Crippen LogP contribution in [0.3, 0.4) is 0 Å². The van der Waals surface area contributed by atoms with E-state index in [1.807, 2.05) is 20.2 Å². The summed E-state index contributed by atoms with van der Waals surface area (Å²) in [6.07, 6.45) is 3.27. The number of aromatic nitrogens is 3. The summed E-state index contributed by atoms with van der Waals surface area (Å²) in [6, 6.07) is 1.86. The van der Waals surface area contributed by atoms with Gasteiger partial charge in [-0.15, -0.1) is 0 Å². The molecule has 1 N–H and O–H groups in total. The second-order valence-corrected chi connectivity index (χ2v) is 3.95. The highest BCUT2D eigenvalue weighted by Gasteiger charge is 2.06. The molecule has 2 aromatic heterocycles. The van der Waals surface area contributed by atoms with Crippen LogP contribution in [0.25, 0.3) is 0 Å². The lowest BCUT2D eigenvalue weighted by molar-refractivity contribution is 0.564. The van der Waals surface area contributed by atoms with Crippen LogP contribution in [-0.2, 0) is 6.54 Å². The first-order valence-electron chi connectivity index (χ1n) is 4.99. The van der Waals surface area contributed by atoms with Crippen LogP contribution in [0.2, 0.25) is 5.28 Å². The van der Waals surface area contributed by atoms with E-state index in [2.05, 4.69) is 20.3 Å². The molecule has 2 heterocycles. The normalized spacial score (nSPS) is 10.3. The molecule has 0 amide bonds. The van der Waals surface area contributed by atoms with Crippen molar-refractivity contribution in [3.8, 4) is 0 Å². The topological polar surface area (TPSA) is 67.1 Å². The Balaban J connectivity index is 2.10. The van der Waals surface area contributed by atoms with E-state index in [1.54, 1.807) is 17.4 Å². The van der Waals surface area contributed by atoms with Crippen molar-refractivity contribution in [3.63, 3.8) is 0 Å². The molecule has 17 heavy (non-hydrogen) atoms. The van der Waals surface area contributed by atoms with Crippen molar-refractivity contribution in [2.24, 2.45) is 0 Å². The Morgan fingerprint density at radius 2 is 2.18 bits per heavy atom. The molecule has 2 rings (SSSR count). The van der Waals surface area contributed by atoms with Gasteiger partial charge in [-0.3, -0.25) is 0 Å². The summed E-state index contributed by atoms with van der Waals surface area (Å²) in [7, 11) is 3.68. The van der Waals surface area contributed by atoms with Gasteiger partial charge in [-0.1, -0.05) is 0 Å². The molecule has 0 bridgehead atoms. The van der Waals surface area contributed by atoms with Crippen molar-refractivity contribution in [2.45, 2.75) is 6.54 Å². The van der Waals surface area contributed by atoms with E-state index < -0.39 is 0 Å². The van der Waals surface area contributed by atoms with Gasteiger partial charge < -0.3 is 14.6 Å². The number of halogens is 1. The number of nitrogens with one attached hydrogen (secondary N) is 1. The molecule has 6 nitrogen and oxygen atoms in total. The molecule has 7 heteroatoms. The van der Waals surface area contributed by atoms with Gasteiger partial charge in [0.2, 0.25) is 17.2 Å². The fourth-order valence-electron chi connectivity index (χ4n) is 1.19. The third-order valence-corrected chi connectivity index (χ3v) is 2.20. The summed E-state index contributed by atoms with van der Waals surface area (Å²) in [4.78, 5) is 14.0. The minimum absolute atomic E-state index is 0.165. The van der Waals surface area contributed by atoms with Crippen LogP contribution in [0.4, 0.5) is 11.9 Å². The summed E-state index contributed by atoms with van der Waals surface area (Å²) in [5.41, 5.74) is 1.01. The number of hydrogen-bond donors (Lipinski definition) is 1. The van der Waals surface area contributed by atoms with Gasteiger partial charge in [-0.25, -0.2) is 0 Å². The number of anilines is 2. The predicted octanol–water partition coefficient (Wildman–Crippen LogP) is 1.80. The number of furan rings is 1. The van der Waals surface area contributed by atoms with Gasteiger partial charge in [0.1, 0.15) is 0 Å². The zero-order valence-corrected chi connectivity index (χ0v) is 10.3. The zero-order chi connectivity index (χ0) is 12.3. The van der Waals surface area contributed by atoms with E-state index in [1.165, 1.54) is 0 Å². The molecule has 0 spiro atoms. The average molecular weight is 254 g/mol. The molecule has 0 fully saturated rings. The molecular formula is C10H12ClN5O.